The fourth-order valence-corrected chi connectivity index (χ4v) is 3.82. The molecule has 0 aromatic carbocycles. The molecule has 1 saturated heterocycles. The zero-order valence-corrected chi connectivity index (χ0v) is 14.6. The Morgan fingerprint density at radius 3 is 2.88 bits per heavy atom. The van der Waals surface area contributed by atoms with Crippen molar-refractivity contribution in [2.45, 2.75) is 25.9 Å². The van der Waals surface area contributed by atoms with Crippen LogP contribution in [0.15, 0.2) is 37.1 Å². The van der Waals surface area contributed by atoms with E-state index in [1.165, 1.54) is 18.5 Å². The Labute approximate surface area is 148 Å². The van der Waals surface area contributed by atoms with Gasteiger partial charge in [-0.05, 0) is 30.9 Å². The maximum absolute atomic E-state index is 5.99. The van der Waals surface area contributed by atoms with E-state index in [4.69, 9.17) is 9.47 Å². The lowest BCUT2D eigenvalue weighted by molar-refractivity contribution is 0.0479. The summed E-state index contributed by atoms with van der Waals surface area (Å²) in [6.45, 7) is 6.64. The molecule has 134 valence electrons. The fourth-order valence-electron chi connectivity index (χ4n) is 3.82. The lowest BCUT2D eigenvalue weighted by Crippen LogP contribution is -2.36. The molecule has 6 nitrogen and oxygen atoms in total. The van der Waals surface area contributed by atoms with Crippen LogP contribution in [0.3, 0.4) is 0 Å². The first-order valence-electron chi connectivity index (χ1n) is 9.19. The average molecular weight is 342 g/mol. The van der Waals surface area contributed by atoms with Gasteiger partial charge in [0.2, 0.25) is 0 Å². The molecule has 1 atom stereocenters. The Morgan fingerprint density at radius 1 is 1.12 bits per heavy atom. The van der Waals surface area contributed by atoms with Gasteiger partial charge in [-0.3, -0.25) is 9.88 Å². The van der Waals surface area contributed by atoms with Crippen LogP contribution in [-0.2, 0) is 17.8 Å². The van der Waals surface area contributed by atoms with Crippen LogP contribution in [0.5, 0.6) is 5.75 Å². The molecule has 2 aliphatic rings. The summed E-state index contributed by atoms with van der Waals surface area (Å²) in [6.07, 6.45) is 9.84. The number of ether oxygens (including phenoxy) is 2. The number of hydrogen-bond donors (Lipinski definition) is 0. The summed E-state index contributed by atoms with van der Waals surface area (Å²) in [6, 6.07) is 3.87. The second kappa shape index (κ2) is 7.97. The third-order valence-electron chi connectivity index (χ3n) is 5.13. The molecular weight excluding hydrogens is 316 g/mol. The van der Waals surface area contributed by atoms with E-state index in [0.717, 1.165) is 51.1 Å². The van der Waals surface area contributed by atoms with Crippen LogP contribution in [0.4, 0.5) is 0 Å². The van der Waals surface area contributed by atoms with Crippen molar-refractivity contribution in [3.8, 4) is 5.75 Å². The monoisotopic (exact) mass is 342 g/mol. The molecule has 25 heavy (non-hydrogen) atoms. The van der Waals surface area contributed by atoms with E-state index in [2.05, 4.69) is 19.4 Å². The van der Waals surface area contributed by atoms with Gasteiger partial charge in [0.05, 0.1) is 24.8 Å². The van der Waals surface area contributed by atoms with Crippen molar-refractivity contribution in [2.24, 2.45) is 11.8 Å². The normalized spacial score (nSPS) is 22.3. The van der Waals surface area contributed by atoms with Gasteiger partial charge in [-0.2, -0.15) is 0 Å². The number of rotatable bonds is 5. The SMILES string of the molecule is c1cncc(OC[C@H]2CN(CC3CCOCC3)Cc3cncn3C2)c1. The van der Waals surface area contributed by atoms with Crippen molar-refractivity contribution >= 4 is 0 Å². The first-order valence-corrected chi connectivity index (χ1v) is 9.19. The summed E-state index contributed by atoms with van der Waals surface area (Å²) in [5.74, 6) is 2.02. The van der Waals surface area contributed by atoms with E-state index in [9.17, 15) is 0 Å². The molecular formula is C19H26N4O2. The summed E-state index contributed by atoms with van der Waals surface area (Å²) < 4.78 is 13.8. The van der Waals surface area contributed by atoms with E-state index in [1.807, 2.05) is 24.7 Å². The number of imidazole rings is 1. The van der Waals surface area contributed by atoms with Crippen LogP contribution >= 0.6 is 0 Å². The van der Waals surface area contributed by atoms with Crippen LogP contribution in [0.25, 0.3) is 0 Å². The van der Waals surface area contributed by atoms with Gasteiger partial charge >= 0.3 is 0 Å². The molecule has 0 aliphatic carbocycles. The molecule has 0 bridgehead atoms. The molecule has 0 unspecified atom stereocenters. The second-order valence-corrected chi connectivity index (χ2v) is 7.15. The lowest BCUT2D eigenvalue weighted by atomic mass is 9.99. The Hall–Kier alpha value is -1.92. The highest BCUT2D eigenvalue weighted by atomic mass is 16.5. The van der Waals surface area contributed by atoms with Crippen LogP contribution in [0.2, 0.25) is 0 Å². The van der Waals surface area contributed by atoms with E-state index >= 15 is 0 Å². The maximum atomic E-state index is 5.99. The summed E-state index contributed by atoms with van der Waals surface area (Å²) in [4.78, 5) is 11.0. The minimum absolute atomic E-state index is 0.440. The molecule has 2 aromatic rings. The summed E-state index contributed by atoms with van der Waals surface area (Å²) in [5.41, 5.74) is 1.30. The van der Waals surface area contributed by atoms with Crippen molar-refractivity contribution in [3.05, 3.63) is 42.7 Å². The molecule has 0 spiro atoms. The minimum Gasteiger partial charge on any atom is -0.492 e. The molecule has 0 radical (unpaired) electrons. The number of pyridine rings is 1. The summed E-state index contributed by atoms with van der Waals surface area (Å²) in [5, 5.41) is 0. The van der Waals surface area contributed by atoms with Crippen molar-refractivity contribution in [1.29, 1.82) is 0 Å². The molecule has 4 heterocycles. The molecule has 0 amide bonds. The zero-order valence-electron chi connectivity index (χ0n) is 14.6. The highest BCUT2D eigenvalue weighted by molar-refractivity contribution is 5.15. The smallest absolute Gasteiger partial charge is 0.137 e. The average Bonchev–Trinajstić information content (AvgIpc) is 3.01. The number of aromatic nitrogens is 3. The topological polar surface area (TPSA) is 52.4 Å². The maximum Gasteiger partial charge on any atom is 0.137 e. The zero-order chi connectivity index (χ0) is 16.9. The van der Waals surface area contributed by atoms with Crippen LogP contribution in [0, 0.1) is 11.8 Å². The Bertz CT molecular complexity index is 654. The van der Waals surface area contributed by atoms with Crippen LogP contribution < -0.4 is 4.74 Å². The largest absolute Gasteiger partial charge is 0.492 e. The third kappa shape index (κ3) is 4.38. The molecule has 2 aliphatic heterocycles. The molecule has 6 heteroatoms. The van der Waals surface area contributed by atoms with Gasteiger partial charge in [-0.15, -0.1) is 0 Å². The highest BCUT2D eigenvalue weighted by Gasteiger charge is 2.25. The van der Waals surface area contributed by atoms with Gasteiger partial charge in [0.15, 0.2) is 0 Å². The first kappa shape index (κ1) is 16.5. The van der Waals surface area contributed by atoms with Crippen LogP contribution in [-0.4, -0.2) is 52.3 Å². The summed E-state index contributed by atoms with van der Waals surface area (Å²) >= 11 is 0. The van der Waals surface area contributed by atoms with Crippen molar-refractivity contribution in [3.63, 3.8) is 0 Å². The van der Waals surface area contributed by atoms with Gasteiger partial charge in [0, 0.05) is 57.7 Å². The van der Waals surface area contributed by atoms with Crippen molar-refractivity contribution < 1.29 is 9.47 Å². The number of fused-ring (bicyclic) bond motifs is 1. The van der Waals surface area contributed by atoms with Crippen molar-refractivity contribution in [1.82, 2.24) is 19.4 Å². The molecule has 1 fully saturated rings. The third-order valence-corrected chi connectivity index (χ3v) is 5.13. The van der Waals surface area contributed by atoms with Crippen molar-refractivity contribution in [2.75, 3.05) is 32.9 Å². The lowest BCUT2D eigenvalue weighted by Gasteiger charge is -2.30. The Kier molecular flexibility index (Phi) is 5.28. The van der Waals surface area contributed by atoms with Gasteiger partial charge in [0.1, 0.15) is 5.75 Å². The van der Waals surface area contributed by atoms with Gasteiger partial charge in [-0.1, -0.05) is 0 Å². The second-order valence-electron chi connectivity index (χ2n) is 7.15. The highest BCUT2D eigenvalue weighted by Crippen LogP contribution is 2.22. The summed E-state index contributed by atoms with van der Waals surface area (Å²) in [7, 11) is 0. The molecule has 0 N–H and O–H groups in total. The minimum atomic E-state index is 0.440. The first-order chi connectivity index (χ1) is 12.4. The van der Waals surface area contributed by atoms with E-state index in [0.29, 0.717) is 12.5 Å². The quantitative estimate of drug-likeness (QED) is 0.834. The predicted molar refractivity (Wildman–Crippen MR) is 94.3 cm³/mol. The molecule has 4 rings (SSSR count). The van der Waals surface area contributed by atoms with E-state index in [1.54, 1.807) is 12.4 Å². The standard InChI is InChI=1S/C19H26N4O2/c1-2-19(9-20-5-1)25-14-17-11-22(10-16-3-6-24-7-4-16)13-18-8-21-15-23(18)12-17/h1-2,5,8-9,15-17H,3-4,6-7,10-14H2/t17-/m0/s1. The number of nitrogens with zero attached hydrogens (tertiary/aromatic N) is 4. The van der Waals surface area contributed by atoms with Gasteiger partial charge in [0.25, 0.3) is 0 Å². The molecule has 0 saturated carbocycles. The predicted octanol–water partition coefficient (Wildman–Crippen LogP) is 2.22. The van der Waals surface area contributed by atoms with E-state index < -0.39 is 0 Å². The van der Waals surface area contributed by atoms with Gasteiger partial charge in [-0.25, -0.2) is 4.98 Å². The Balaban J connectivity index is 1.41. The Morgan fingerprint density at radius 2 is 2.04 bits per heavy atom. The van der Waals surface area contributed by atoms with Crippen LogP contribution in [0.1, 0.15) is 18.5 Å². The van der Waals surface area contributed by atoms with E-state index in [-0.39, 0.29) is 0 Å². The van der Waals surface area contributed by atoms with Gasteiger partial charge < -0.3 is 14.0 Å². The number of hydrogen-bond acceptors (Lipinski definition) is 5. The fraction of sp³-hybridized carbons (Fsp3) is 0.579. The molecule has 2 aromatic heterocycles.